The van der Waals surface area contributed by atoms with Crippen molar-refractivity contribution in [3.8, 4) is 0 Å². The largest absolute Gasteiger partial charge is 0.370 e. The van der Waals surface area contributed by atoms with Gasteiger partial charge in [0.05, 0.1) is 0 Å². The third-order valence-corrected chi connectivity index (χ3v) is 3.25. The minimum atomic E-state index is -0.477. The van der Waals surface area contributed by atoms with Gasteiger partial charge in [-0.05, 0) is 24.7 Å². The van der Waals surface area contributed by atoms with E-state index in [1.165, 1.54) is 38.1 Å². The molecule has 1 N–H and O–H groups in total. The summed E-state index contributed by atoms with van der Waals surface area (Å²) >= 11 is 0. The van der Waals surface area contributed by atoms with Gasteiger partial charge >= 0.3 is 0 Å². The molecule has 4 heteroatoms. The van der Waals surface area contributed by atoms with Crippen LogP contribution in [0.25, 0.3) is 0 Å². The van der Waals surface area contributed by atoms with Crippen LogP contribution in [-0.4, -0.2) is 16.5 Å². The number of nitrogens with one attached hydrogen (secondary N) is 1. The molecule has 88 valence electrons. The van der Waals surface area contributed by atoms with Crippen molar-refractivity contribution in [1.82, 2.24) is 9.97 Å². The van der Waals surface area contributed by atoms with Crippen LogP contribution in [0.2, 0.25) is 0 Å². The molecule has 0 saturated heterocycles. The highest BCUT2D eigenvalue weighted by atomic mass is 19.1. The van der Waals surface area contributed by atoms with Crippen molar-refractivity contribution in [2.75, 3.05) is 11.9 Å². The number of nitrogens with zero attached hydrogens (tertiary/aromatic N) is 2. The van der Waals surface area contributed by atoms with Crippen LogP contribution >= 0.6 is 0 Å². The summed E-state index contributed by atoms with van der Waals surface area (Å²) in [5.41, 5.74) is 0. The summed E-state index contributed by atoms with van der Waals surface area (Å²) in [6.45, 7) is 3.19. The van der Waals surface area contributed by atoms with E-state index < -0.39 is 5.95 Å². The first kappa shape index (κ1) is 11.3. The Morgan fingerprint density at radius 3 is 3.06 bits per heavy atom. The maximum absolute atomic E-state index is 12.8. The Balaban J connectivity index is 1.82. The zero-order valence-corrected chi connectivity index (χ0v) is 9.62. The van der Waals surface area contributed by atoms with Crippen LogP contribution in [0.3, 0.4) is 0 Å². The Morgan fingerprint density at radius 2 is 2.31 bits per heavy atom. The number of rotatable bonds is 3. The van der Waals surface area contributed by atoms with Crippen molar-refractivity contribution < 1.29 is 4.39 Å². The monoisotopic (exact) mass is 223 g/mol. The van der Waals surface area contributed by atoms with Crippen LogP contribution in [-0.2, 0) is 0 Å². The lowest BCUT2D eigenvalue weighted by Gasteiger charge is -2.26. The predicted molar refractivity (Wildman–Crippen MR) is 61.6 cm³/mol. The summed E-state index contributed by atoms with van der Waals surface area (Å²) in [5, 5.41) is 3.18. The van der Waals surface area contributed by atoms with E-state index in [9.17, 15) is 4.39 Å². The molecule has 0 bridgehead atoms. The fourth-order valence-electron chi connectivity index (χ4n) is 2.42. The van der Waals surface area contributed by atoms with Gasteiger partial charge in [-0.2, -0.15) is 4.39 Å². The molecule has 1 aromatic heterocycles. The molecule has 2 unspecified atom stereocenters. The molecule has 1 heterocycles. The lowest BCUT2D eigenvalue weighted by Crippen LogP contribution is -2.21. The average Bonchev–Trinajstić information content (AvgIpc) is 2.27. The Hall–Kier alpha value is -1.19. The highest BCUT2D eigenvalue weighted by Gasteiger charge is 2.18. The topological polar surface area (TPSA) is 37.8 Å². The van der Waals surface area contributed by atoms with Gasteiger partial charge in [0, 0.05) is 12.6 Å². The Morgan fingerprint density at radius 1 is 1.44 bits per heavy atom. The quantitative estimate of drug-likeness (QED) is 0.801. The van der Waals surface area contributed by atoms with Crippen molar-refractivity contribution in [3.05, 3.63) is 18.3 Å². The van der Waals surface area contributed by atoms with E-state index in [0.29, 0.717) is 11.7 Å². The minimum Gasteiger partial charge on any atom is -0.370 e. The second-order valence-corrected chi connectivity index (χ2v) is 4.74. The normalized spacial score (nSPS) is 25.4. The number of anilines is 1. The van der Waals surface area contributed by atoms with Crippen LogP contribution < -0.4 is 5.32 Å². The fourth-order valence-corrected chi connectivity index (χ4v) is 2.42. The van der Waals surface area contributed by atoms with E-state index in [4.69, 9.17) is 0 Å². The standard InChI is InChI=1S/C12H18FN3/c1-9-3-2-4-10(5-9)7-14-12-6-11(13)15-8-16-12/h6,8-10H,2-5,7H2,1H3,(H,14,15,16). The van der Waals surface area contributed by atoms with Gasteiger partial charge in [0.25, 0.3) is 0 Å². The molecule has 0 spiro atoms. The van der Waals surface area contributed by atoms with E-state index in [1.807, 2.05) is 0 Å². The molecule has 1 saturated carbocycles. The van der Waals surface area contributed by atoms with Gasteiger partial charge in [-0.1, -0.05) is 19.8 Å². The summed E-state index contributed by atoms with van der Waals surface area (Å²) in [4.78, 5) is 7.41. The molecule has 1 aromatic rings. The Kier molecular flexibility index (Phi) is 3.70. The highest BCUT2D eigenvalue weighted by molar-refractivity contribution is 5.31. The summed E-state index contributed by atoms with van der Waals surface area (Å²) in [5.74, 6) is 1.63. The van der Waals surface area contributed by atoms with Crippen molar-refractivity contribution in [1.29, 1.82) is 0 Å². The first-order valence-corrected chi connectivity index (χ1v) is 5.95. The van der Waals surface area contributed by atoms with E-state index in [0.717, 1.165) is 12.5 Å². The highest BCUT2D eigenvalue weighted by Crippen LogP contribution is 2.28. The minimum absolute atomic E-state index is 0.477. The first-order valence-electron chi connectivity index (χ1n) is 5.95. The second kappa shape index (κ2) is 5.23. The zero-order chi connectivity index (χ0) is 11.4. The summed E-state index contributed by atoms with van der Waals surface area (Å²) in [7, 11) is 0. The van der Waals surface area contributed by atoms with Gasteiger partial charge in [-0.3, -0.25) is 0 Å². The molecule has 0 radical (unpaired) electrons. The van der Waals surface area contributed by atoms with Gasteiger partial charge in [-0.25, -0.2) is 9.97 Å². The van der Waals surface area contributed by atoms with E-state index in [2.05, 4.69) is 22.2 Å². The van der Waals surface area contributed by atoms with Gasteiger partial charge in [0.2, 0.25) is 5.95 Å². The molecule has 3 nitrogen and oxygen atoms in total. The van der Waals surface area contributed by atoms with E-state index in [1.54, 1.807) is 0 Å². The molecule has 2 atom stereocenters. The van der Waals surface area contributed by atoms with E-state index in [-0.39, 0.29) is 0 Å². The van der Waals surface area contributed by atoms with Gasteiger partial charge in [0.1, 0.15) is 12.1 Å². The van der Waals surface area contributed by atoms with Crippen molar-refractivity contribution >= 4 is 5.82 Å². The van der Waals surface area contributed by atoms with Gasteiger partial charge < -0.3 is 5.32 Å². The predicted octanol–water partition coefficient (Wildman–Crippen LogP) is 2.85. The van der Waals surface area contributed by atoms with Crippen molar-refractivity contribution in [2.45, 2.75) is 32.6 Å². The van der Waals surface area contributed by atoms with Crippen LogP contribution in [0.4, 0.5) is 10.2 Å². The molecule has 0 aliphatic heterocycles. The SMILES string of the molecule is CC1CCCC(CNc2cc(F)ncn2)C1. The zero-order valence-electron chi connectivity index (χ0n) is 9.62. The van der Waals surface area contributed by atoms with Crippen LogP contribution in [0, 0.1) is 17.8 Å². The van der Waals surface area contributed by atoms with Crippen molar-refractivity contribution in [2.24, 2.45) is 11.8 Å². The summed E-state index contributed by atoms with van der Waals surface area (Å²) < 4.78 is 12.8. The number of halogens is 1. The number of aromatic nitrogens is 2. The number of hydrogen-bond donors (Lipinski definition) is 1. The maximum atomic E-state index is 12.8. The molecular weight excluding hydrogens is 205 g/mol. The maximum Gasteiger partial charge on any atom is 0.217 e. The molecule has 16 heavy (non-hydrogen) atoms. The van der Waals surface area contributed by atoms with Crippen LogP contribution in [0.5, 0.6) is 0 Å². The van der Waals surface area contributed by atoms with Crippen LogP contribution in [0.15, 0.2) is 12.4 Å². The molecule has 1 aliphatic rings. The Labute approximate surface area is 95.5 Å². The molecule has 1 aliphatic carbocycles. The third-order valence-electron chi connectivity index (χ3n) is 3.25. The van der Waals surface area contributed by atoms with E-state index >= 15 is 0 Å². The van der Waals surface area contributed by atoms with Crippen LogP contribution in [0.1, 0.15) is 32.6 Å². The molecule has 2 rings (SSSR count). The lowest BCUT2D eigenvalue weighted by atomic mass is 9.82. The fraction of sp³-hybridized carbons (Fsp3) is 0.667. The molecule has 0 amide bonds. The summed E-state index contributed by atoms with van der Waals surface area (Å²) in [6, 6.07) is 1.34. The average molecular weight is 223 g/mol. The lowest BCUT2D eigenvalue weighted by molar-refractivity contribution is 0.293. The second-order valence-electron chi connectivity index (χ2n) is 4.74. The summed E-state index contributed by atoms with van der Waals surface area (Å²) in [6.07, 6.45) is 6.44. The first-order chi connectivity index (χ1) is 7.74. The smallest absolute Gasteiger partial charge is 0.217 e. The molecule has 1 fully saturated rings. The van der Waals surface area contributed by atoms with Crippen molar-refractivity contribution in [3.63, 3.8) is 0 Å². The van der Waals surface area contributed by atoms with Gasteiger partial charge in [-0.15, -0.1) is 0 Å². The molecule has 0 aromatic carbocycles. The third kappa shape index (κ3) is 3.15. The van der Waals surface area contributed by atoms with Gasteiger partial charge in [0.15, 0.2) is 0 Å². The molecular formula is C12H18FN3. The number of hydrogen-bond acceptors (Lipinski definition) is 3. The Bertz CT molecular complexity index is 343.